The second kappa shape index (κ2) is 4.23. The van der Waals surface area contributed by atoms with Gasteiger partial charge in [0, 0.05) is 16.4 Å². The maximum Gasteiger partial charge on any atom is 0.300 e. The van der Waals surface area contributed by atoms with Crippen LogP contribution in [0.4, 0.5) is 17.4 Å². The van der Waals surface area contributed by atoms with Crippen molar-refractivity contribution in [3.05, 3.63) is 47.5 Å². The molecule has 0 fully saturated rings. The fraction of sp³-hybridized carbons (Fsp3) is 0. The van der Waals surface area contributed by atoms with Crippen LogP contribution in [-0.4, -0.2) is 4.98 Å². The standard InChI is InChI=1S/C13H10ClN3O/c14-8-1-6-12-11(7-8)17-13(18-12)16-10-4-2-9(15)3-5-10/h1-7H,15H2,(H,16,17). The number of anilines is 3. The Hall–Kier alpha value is -2.20. The number of nitrogens with one attached hydrogen (secondary N) is 1. The number of nitrogens with zero attached hydrogens (tertiary/aromatic N) is 1. The average Bonchev–Trinajstić information content (AvgIpc) is 2.73. The number of rotatable bonds is 2. The summed E-state index contributed by atoms with van der Waals surface area (Å²) in [6, 6.07) is 13.1. The molecule has 0 saturated heterocycles. The predicted octanol–water partition coefficient (Wildman–Crippen LogP) is 3.81. The van der Waals surface area contributed by atoms with Crippen LogP contribution in [0.3, 0.4) is 0 Å². The molecular weight excluding hydrogens is 250 g/mol. The largest absolute Gasteiger partial charge is 0.423 e. The van der Waals surface area contributed by atoms with Gasteiger partial charge in [0.05, 0.1) is 0 Å². The quantitative estimate of drug-likeness (QED) is 0.687. The van der Waals surface area contributed by atoms with Crippen LogP contribution in [0, 0.1) is 0 Å². The Morgan fingerprint density at radius 1 is 1.11 bits per heavy atom. The zero-order valence-corrected chi connectivity index (χ0v) is 10.1. The van der Waals surface area contributed by atoms with Gasteiger partial charge in [-0.15, -0.1) is 0 Å². The summed E-state index contributed by atoms with van der Waals surface area (Å²) in [6.45, 7) is 0. The third kappa shape index (κ3) is 2.10. The molecule has 0 aliphatic carbocycles. The predicted molar refractivity (Wildman–Crippen MR) is 73.2 cm³/mol. The highest BCUT2D eigenvalue weighted by Crippen LogP contribution is 2.24. The molecule has 18 heavy (non-hydrogen) atoms. The van der Waals surface area contributed by atoms with Crippen LogP contribution in [0.25, 0.3) is 11.1 Å². The normalized spacial score (nSPS) is 10.7. The van der Waals surface area contributed by atoms with E-state index in [1.54, 1.807) is 18.2 Å². The van der Waals surface area contributed by atoms with Crippen molar-refractivity contribution in [1.29, 1.82) is 0 Å². The Labute approximate surface area is 108 Å². The Morgan fingerprint density at radius 2 is 1.89 bits per heavy atom. The maximum absolute atomic E-state index is 5.89. The van der Waals surface area contributed by atoms with Gasteiger partial charge in [-0.1, -0.05) is 11.6 Å². The summed E-state index contributed by atoms with van der Waals surface area (Å²) in [6.07, 6.45) is 0. The molecule has 0 aliphatic heterocycles. The van der Waals surface area contributed by atoms with E-state index in [1.807, 2.05) is 24.3 Å². The number of nitrogen functional groups attached to an aromatic ring is 1. The lowest BCUT2D eigenvalue weighted by Gasteiger charge is -2.00. The van der Waals surface area contributed by atoms with E-state index < -0.39 is 0 Å². The van der Waals surface area contributed by atoms with E-state index in [-0.39, 0.29) is 0 Å². The summed E-state index contributed by atoms with van der Waals surface area (Å²) in [5.41, 5.74) is 8.61. The third-order valence-corrected chi connectivity index (χ3v) is 2.75. The van der Waals surface area contributed by atoms with Gasteiger partial charge in [-0.05, 0) is 42.5 Å². The number of oxazole rings is 1. The summed E-state index contributed by atoms with van der Waals surface area (Å²) in [5, 5.41) is 3.70. The number of halogens is 1. The van der Waals surface area contributed by atoms with E-state index in [1.165, 1.54) is 0 Å². The van der Waals surface area contributed by atoms with Crippen molar-refractivity contribution in [2.24, 2.45) is 0 Å². The van der Waals surface area contributed by atoms with Gasteiger partial charge in [0.2, 0.25) is 0 Å². The molecule has 0 saturated carbocycles. The van der Waals surface area contributed by atoms with Gasteiger partial charge in [0.25, 0.3) is 6.01 Å². The Balaban J connectivity index is 1.92. The molecule has 0 amide bonds. The van der Waals surface area contributed by atoms with Crippen molar-refractivity contribution in [1.82, 2.24) is 4.98 Å². The average molecular weight is 260 g/mol. The molecule has 90 valence electrons. The van der Waals surface area contributed by atoms with Gasteiger partial charge in [0.15, 0.2) is 5.58 Å². The van der Waals surface area contributed by atoms with Crippen molar-refractivity contribution in [3.8, 4) is 0 Å². The molecule has 3 N–H and O–H groups in total. The van der Waals surface area contributed by atoms with Crippen LogP contribution < -0.4 is 11.1 Å². The second-order valence-electron chi connectivity index (χ2n) is 3.88. The summed E-state index contributed by atoms with van der Waals surface area (Å²) >= 11 is 5.89. The SMILES string of the molecule is Nc1ccc(Nc2nc3cc(Cl)ccc3o2)cc1. The van der Waals surface area contributed by atoms with Crippen LogP contribution in [0.1, 0.15) is 0 Å². The van der Waals surface area contributed by atoms with E-state index in [0.29, 0.717) is 22.3 Å². The number of aromatic nitrogens is 1. The van der Waals surface area contributed by atoms with Crippen LogP contribution in [-0.2, 0) is 0 Å². The number of hydrogen-bond donors (Lipinski definition) is 2. The fourth-order valence-electron chi connectivity index (χ4n) is 1.64. The first kappa shape index (κ1) is 10.9. The Bertz CT molecular complexity index is 691. The Morgan fingerprint density at radius 3 is 2.67 bits per heavy atom. The summed E-state index contributed by atoms with van der Waals surface area (Å²) in [5.74, 6) is 0. The van der Waals surface area contributed by atoms with Gasteiger partial charge in [0.1, 0.15) is 5.52 Å². The van der Waals surface area contributed by atoms with E-state index in [9.17, 15) is 0 Å². The molecule has 0 aliphatic rings. The molecule has 2 aromatic carbocycles. The van der Waals surface area contributed by atoms with Crippen LogP contribution in [0.2, 0.25) is 5.02 Å². The Kier molecular flexibility index (Phi) is 2.57. The molecule has 3 rings (SSSR count). The number of nitrogens with two attached hydrogens (primary N) is 1. The molecule has 3 aromatic rings. The highest BCUT2D eigenvalue weighted by molar-refractivity contribution is 6.31. The smallest absolute Gasteiger partial charge is 0.300 e. The number of hydrogen-bond acceptors (Lipinski definition) is 4. The van der Waals surface area contributed by atoms with E-state index in [2.05, 4.69) is 10.3 Å². The zero-order valence-electron chi connectivity index (χ0n) is 9.35. The van der Waals surface area contributed by atoms with Crippen molar-refractivity contribution >= 4 is 40.1 Å². The van der Waals surface area contributed by atoms with Crippen LogP contribution >= 0.6 is 11.6 Å². The molecule has 4 nitrogen and oxygen atoms in total. The summed E-state index contributed by atoms with van der Waals surface area (Å²) in [4.78, 5) is 4.30. The fourth-order valence-corrected chi connectivity index (χ4v) is 1.81. The summed E-state index contributed by atoms with van der Waals surface area (Å²) in [7, 11) is 0. The molecule has 0 spiro atoms. The summed E-state index contributed by atoms with van der Waals surface area (Å²) < 4.78 is 5.55. The lowest BCUT2D eigenvalue weighted by Crippen LogP contribution is -1.90. The monoisotopic (exact) mass is 259 g/mol. The highest BCUT2D eigenvalue weighted by atomic mass is 35.5. The minimum absolute atomic E-state index is 0.428. The number of fused-ring (bicyclic) bond motifs is 1. The lowest BCUT2D eigenvalue weighted by atomic mass is 10.3. The first-order valence-electron chi connectivity index (χ1n) is 5.39. The van der Waals surface area contributed by atoms with Crippen LogP contribution in [0.5, 0.6) is 0 Å². The minimum atomic E-state index is 0.428. The van der Waals surface area contributed by atoms with Crippen molar-refractivity contribution in [2.75, 3.05) is 11.1 Å². The van der Waals surface area contributed by atoms with Crippen molar-refractivity contribution < 1.29 is 4.42 Å². The zero-order chi connectivity index (χ0) is 12.5. The molecule has 0 atom stereocenters. The third-order valence-electron chi connectivity index (χ3n) is 2.51. The highest BCUT2D eigenvalue weighted by Gasteiger charge is 2.06. The molecule has 5 heteroatoms. The van der Waals surface area contributed by atoms with E-state index in [0.717, 1.165) is 11.2 Å². The van der Waals surface area contributed by atoms with Gasteiger partial charge in [-0.25, -0.2) is 0 Å². The maximum atomic E-state index is 5.89. The van der Waals surface area contributed by atoms with Gasteiger partial charge < -0.3 is 15.5 Å². The van der Waals surface area contributed by atoms with Gasteiger partial charge in [-0.3, -0.25) is 0 Å². The molecule has 1 heterocycles. The van der Waals surface area contributed by atoms with Gasteiger partial charge >= 0.3 is 0 Å². The van der Waals surface area contributed by atoms with Crippen molar-refractivity contribution in [2.45, 2.75) is 0 Å². The molecule has 0 bridgehead atoms. The molecule has 0 radical (unpaired) electrons. The minimum Gasteiger partial charge on any atom is -0.423 e. The second-order valence-corrected chi connectivity index (χ2v) is 4.31. The molecule has 1 aromatic heterocycles. The topological polar surface area (TPSA) is 64.1 Å². The van der Waals surface area contributed by atoms with Crippen LogP contribution in [0.15, 0.2) is 46.9 Å². The first-order valence-corrected chi connectivity index (χ1v) is 5.77. The molecular formula is C13H10ClN3O. The number of benzene rings is 2. The molecule has 0 unspecified atom stereocenters. The van der Waals surface area contributed by atoms with E-state index >= 15 is 0 Å². The first-order chi connectivity index (χ1) is 8.70. The van der Waals surface area contributed by atoms with E-state index in [4.69, 9.17) is 21.8 Å². The van der Waals surface area contributed by atoms with Gasteiger partial charge in [-0.2, -0.15) is 4.98 Å². The lowest BCUT2D eigenvalue weighted by molar-refractivity contribution is 0.623. The van der Waals surface area contributed by atoms with Crippen molar-refractivity contribution in [3.63, 3.8) is 0 Å².